The van der Waals surface area contributed by atoms with Gasteiger partial charge in [0.05, 0.1) is 35.0 Å². The summed E-state index contributed by atoms with van der Waals surface area (Å²) in [6.07, 6.45) is 0. The third kappa shape index (κ3) is 3.53. The van der Waals surface area contributed by atoms with Gasteiger partial charge >= 0.3 is 0 Å². The molecule has 1 unspecified atom stereocenters. The first-order valence-corrected chi connectivity index (χ1v) is 8.52. The van der Waals surface area contributed by atoms with E-state index in [-0.39, 0.29) is 5.54 Å². The van der Waals surface area contributed by atoms with Crippen LogP contribution in [-0.2, 0) is 17.3 Å². The highest BCUT2D eigenvalue weighted by molar-refractivity contribution is 6.35. The molecule has 5 nitrogen and oxygen atoms in total. The summed E-state index contributed by atoms with van der Waals surface area (Å²) in [5, 5.41) is 13.6. The van der Waals surface area contributed by atoms with Gasteiger partial charge in [0.2, 0.25) is 0 Å². The lowest BCUT2D eigenvalue weighted by Gasteiger charge is -2.27. The Balaban J connectivity index is 1.80. The van der Waals surface area contributed by atoms with Crippen LogP contribution in [0.2, 0.25) is 5.02 Å². The number of aromatic nitrogens is 2. The molecule has 6 heteroatoms. The molecule has 0 amide bonds. The molecule has 2 N–H and O–H groups in total. The molecular weight excluding hydrogens is 312 g/mol. The summed E-state index contributed by atoms with van der Waals surface area (Å²) in [4.78, 5) is 0. The second-order valence-corrected chi connectivity index (χ2v) is 7.17. The highest BCUT2D eigenvalue weighted by atomic mass is 35.5. The largest absolute Gasteiger partial charge is 0.380 e. The van der Waals surface area contributed by atoms with Crippen molar-refractivity contribution >= 4 is 22.5 Å². The van der Waals surface area contributed by atoms with E-state index in [0.717, 1.165) is 54.5 Å². The number of benzene rings is 1. The number of nitrogens with zero attached hydrogens (tertiary/aromatic N) is 2. The van der Waals surface area contributed by atoms with Crippen molar-refractivity contribution in [1.29, 1.82) is 0 Å². The van der Waals surface area contributed by atoms with Gasteiger partial charge in [0.15, 0.2) is 0 Å². The van der Waals surface area contributed by atoms with E-state index in [9.17, 15) is 0 Å². The van der Waals surface area contributed by atoms with Gasteiger partial charge in [0, 0.05) is 38.0 Å². The van der Waals surface area contributed by atoms with Crippen molar-refractivity contribution in [3.8, 4) is 0 Å². The van der Waals surface area contributed by atoms with Crippen LogP contribution in [0.4, 0.5) is 0 Å². The summed E-state index contributed by atoms with van der Waals surface area (Å²) < 4.78 is 7.50. The third-order valence-electron chi connectivity index (χ3n) is 4.45. The fourth-order valence-corrected chi connectivity index (χ4v) is 3.42. The molecule has 2 heterocycles. The predicted molar refractivity (Wildman–Crippen MR) is 93.9 cm³/mol. The molecule has 0 bridgehead atoms. The van der Waals surface area contributed by atoms with Crippen LogP contribution < -0.4 is 10.6 Å². The molecule has 3 rings (SSSR count). The Morgan fingerprint density at radius 2 is 2.30 bits per heavy atom. The van der Waals surface area contributed by atoms with Crippen molar-refractivity contribution < 1.29 is 4.74 Å². The van der Waals surface area contributed by atoms with Gasteiger partial charge in [-0.15, -0.1) is 0 Å². The molecule has 1 aliphatic rings. The molecule has 1 aromatic carbocycles. The zero-order valence-electron chi connectivity index (χ0n) is 14.0. The molecule has 2 aromatic rings. The summed E-state index contributed by atoms with van der Waals surface area (Å²) in [5.41, 5.74) is 1.77. The second kappa shape index (κ2) is 6.77. The quantitative estimate of drug-likeness (QED) is 0.899. The fraction of sp³-hybridized carbons (Fsp3) is 0.588. The molecule has 1 fully saturated rings. The Morgan fingerprint density at radius 1 is 1.48 bits per heavy atom. The van der Waals surface area contributed by atoms with Gasteiger partial charge in [-0.05, 0) is 19.9 Å². The van der Waals surface area contributed by atoms with Crippen molar-refractivity contribution in [2.75, 3.05) is 32.8 Å². The zero-order chi connectivity index (χ0) is 16.4. The van der Waals surface area contributed by atoms with Gasteiger partial charge in [-0.2, -0.15) is 5.10 Å². The molecule has 1 saturated heterocycles. The molecule has 23 heavy (non-hydrogen) atoms. The van der Waals surface area contributed by atoms with Crippen molar-refractivity contribution in [3.05, 3.63) is 28.9 Å². The standard InChI is InChI=1S/C17H25ClN4O/c1-17(2,20-10-12-9-19-7-8-23-11-12)16-13-5-4-6-14(18)15(13)22(3)21-16/h4-6,12,19-20H,7-11H2,1-3H3. The highest BCUT2D eigenvalue weighted by Crippen LogP contribution is 2.31. The van der Waals surface area contributed by atoms with Crippen LogP contribution in [-0.4, -0.2) is 42.6 Å². The SMILES string of the molecule is Cn1nc(C(C)(C)NCC2CNCCOC2)c2cccc(Cl)c21. The highest BCUT2D eigenvalue weighted by Gasteiger charge is 2.28. The smallest absolute Gasteiger partial charge is 0.0898 e. The van der Waals surface area contributed by atoms with E-state index in [1.54, 1.807) is 0 Å². The van der Waals surface area contributed by atoms with Crippen LogP contribution in [0.25, 0.3) is 10.9 Å². The van der Waals surface area contributed by atoms with Crippen molar-refractivity contribution in [2.45, 2.75) is 19.4 Å². The summed E-state index contributed by atoms with van der Waals surface area (Å²) in [5.74, 6) is 0.468. The van der Waals surface area contributed by atoms with Gasteiger partial charge in [0.1, 0.15) is 0 Å². The maximum Gasteiger partial charge on any atom is 0.0898 e. The van der Waals surface area contributed by atoms with Gasteiger partial charge < -0.3 is 15.4 Å². The molecule has 1 aliphatic heterocycles. The number of para-hydroxylation sites is 1. The van der Waals surface area contributed by atoms with Gasteiger partial charge in [-0.3, -0.25) is 4.68 Å². The Labute approximate surface area is 142 Å². The molecule has 0 aliphatic carbocycles. The lowest BCUT2D eigenvalue weighted by Crippen LogP contribution is -2.42. The zero-order valence-corrected chi connectivity index (χ0v) is 14.8. The first-order chi connectivity index (χ1) is 11.0. The molecule has 1 aromatic heterocycles. The molecule has 0 spiro atoms. The van der Waals surface area contributed by atoms with E-state index in [1.165, 1.54) is 0 Å². The Kier molecular flexibility index (Phi) is 4.92. The average Bonchev–Trinajstić information content (AvgIpc) is 2.71. The summed E-state index contributed by atoms with van der Waals surface area (Å²) in [7, 11) is 1.94. The van der Waals surface area contributed by atoms with E-state index in [0.29, 0.717) is 5.92 Å². The Hall–Kier alpha value is -1.14. The predicted octanol–water partition coefficient (Wildman–Crippen LogP) is 2.29. The van der Waals surface area contributed by atoms with Crippen LogP contribution >= 0.6 is 11.6 Å². The molecule has 126 valence electrons. The maximum atomic E-state index is 6.34. The van der Waals surface area contributed by atoms with Crippen LogP contribution in [0.5, 0.6) is 0 Å². The minimum atomic E-state index is -0.240. The van der Waals surface area contributed by atoms with Crippen molar-refractivity contribution in [1.82, 2.24) is 20.4 Å². The fourth-order valence-electron chi connectivity index (χ4n) is 3.12. The van der Waals surface area contributed by atoms with E-state index in [2.05, 4.69) is 30.5 Å². The maximum absolute atomic E-state index is 6.34. The van der Waals surface area contributed by atoms with E-state index >= 15 is 0 Å². The number of fused-ring (bicyclic) bond motifs is 1. The minimum absolute atomic E-state index is 0.240. The lowest BCUT2D eigenvalue weighted by atomic mass is 9.96. The normalized spacial score (nSPS) is 19.9. The summed E-state index contributed by atoms with van der Waals surface area (Å²) in [6, 6.07) is 5.97. The first-order valence-electron chi connectivity index (χ1n) is 8.14. The van der Waals surface area contributed by atoms with Crippen molar-refractivity contribution in [2.24, 2.45) is 13.0 Å². The summed E-state index contributed by atoms with van der Waals surface area (Å²) in [6.45, 7) is 8.73. The van der Waals surface area contributed by atoms with Crippen LogP contribution in [0.15, 0.2) is 18.2 Å². The van der Waals surface area contributed by atoms with Gasteiger partial charge in [0.25, 0.3) is 0 Å². The Morgan fingerprint density at radius 3 is 3.13 bits per heavy atom. The topological polar surface area (TPSA) is 51.1 Å². The second-order valence-electron chi connectivity index (χ2n) is 6.76. The molecular formula is C17H25ClN4O. The van der Waals surface area contributed by atoms with E-state index in [4.69, 9.17) is 21.4 Å². The van der Waals surface area contributed by atoms with Crippen LogP contribution in [0, 0.1) is 5.92 Å². The number of aryl methyl sites for hydroxylation is 1. The van der Waals surface area contributed by atoms with Gasteiger partial charge in [-0.1, -0.05) is 23.7 Å². The molecule has 0 saturated carbocycles. The van der Waals surface area contributed by atoms with Gasteiger partial charge in [-0.25, -0.2) is 0 Å². The van der Waals surface area contributed by atoms with E-state index in [1.807, 2.05) is 23.9 Å². The number of ether oxygens (including phenoxy) is 1. The number of rotatable bonds is 4. The first kappa shape index (κ1) is 16.7. The Bertz CT molecular complexity index is 675. The molecule has 0 radical (unpaired) electrons. The number of hydrogen-bond donors (Lipinski definition) is 2. The number of hydrogen-bond acceptors (Lipinski definition) is 4. The van der Waals surface area contributed by atoms with E-state index < -0.39 is 0 Å². The summed E-state index contributed by atoms with van der Waals surface area (Å²) >= 11 is 6.34. The lowest BCUT2D eigenvalue weighted by molar-refractivity contribution is 0.120. The third-order valence-corrected chi connectivity index (χ3v) is 4.75. The number of nitrogens with one attached hydrogen (secondary N) is 2. The molecule has 1 atom stereocenters. The van der Waals surface area contributed by atoms with Crippen LogP contribution in [0.3, 0.4) is 0 Å². The minimum Gasteiger partial charge on any atom is -0.380 e. The monoisotopic (exact) mass is 336 g/mol. The average molecular weight is 337 g/mol. The van der Waals surface area contributed by atoms with Crippen molar-refractivity contribution in [3.63, 3.8) is 0 Å². The number of halogens is 1. The van der Waals surface area contributed by atoms with Crippen LogP contribution in [0.1, 0.15) is 19.5 Å².